The molecule has 0 fully saturated rings. The minimum Gasteiger partial charge on any atom is -0.496 e. The molecule has 6 heteroatoms. The van der Waals surface area contributed by atoms with Crippen LogP contribution in [0.2, 0.25) is 0 Å². The Morgan fingerprint density at radius 2 is 2.32 bits per heavy atom. The van der Waals surface area contributed by atoms with Crippen molar-refractivity contribution in [3.8, 4) is 5.75 Å². The molecule has 0 atom stereocenters. The van der Waals surface area contributed by atoms with Gasteiger partial charge in [0.15, 0.2) is 0 Å². The molecule has 19 heavy (non-hydrogen) atoms. The van der Waals surface area contributed by atoms with E-state index < -0.39 is 11.7 Å². The molecule has 0 aliphatic heterocycles. The molecule has 1 amide bonds. The maximum Gasteiger partial charge on any atom is 0.260 e. The number of rotatable bonds is 4. The monoisotopic (exact) mass is 263 g/mol. The molecule has 0 aliphatic rings. The summed E-state index contributed by atoms with van der Waals surface area (Å²) in [6.07, 6.45) is 3.26. The smallest absolute Gasteiger partial charge is 0.260 e. The van der Waals surface area contributed by atoms with Gasteiger partial charge in [0.05, 0.1) is 13.7 Å². The number of methoxy groups -OCH3 is 1. The molecule has 5 nitrogen and oxygen atoms in total. The highest BCUT2D eigenvalue weighted by molar-refractivity contribution is 5.97. The highest BCUT2D eigenvalue weighted by Crippen LogP contribution is 2.22. The Morgan fingerprint density at radius 3 is 2.95 bits per heavy atom. The topological polar surface area (TPSA) is 58.2 Å². The Labute approximate surface area is 110 Å². The number of aromatic nitrogens is 2. The average Bonchev–Trinajstić information content (AvgIpc) is 2.90. The Balaban J connectivity index is 2.24. The van der Waals surface area contributed by atoms with E-state index in [1.807, 2.05) is 0 Å². The Morgan fingerprint density at radius 1 is 1.53 bits per heavy atom. The lowest BCUT2D eigenvalue weighted by Crippen LogP contribution is -2.28. The fourth-order valence-electron chi connectivity index (χ4n) is 1.75. The standard InChI is InChI=1S/C13H14FN3O2/c1-17(8-11-15-6-7-16-11)13(18)12-9(14)4-3-5-10(12)19-2/h3-7H,8H2,1-2H3,(H,15,16). The quantitative estimate of drug-likeness (QED) is 0.915. The number of nitrogens with one attached hydrogen (secondary N) is 1. The van der Waals surface area contributed by atoms with Crippen molar-refractivity contribution < 1.29 is 13.9 Å². The van der Waals surface area contributed by atoms with Gasteiger partial charge in [-0.2, -0.15) is 0 Å². The molecule has 0 radical (unpaired) electrons. The zero-order valence-electron chi connectivity index (χ0n) is 10.7. The van der Waals surface area contributed by atoms with Gasteiger partial charge in [-0.1, -0.05) is 6.07 Å². The van der Waals surface area contributed by atoms with Crippen LogP contribution in [0.15, 0.2) is 30.6 Å². The van der Waals surface area contributed by atoms with E-state index in [9.17, 15) is 9.18 Å². The first kappa shape index (κ1) is 13.1. The maximum atomic E-state index is 13.8. The van der Waals surface area contributed by atoms with Crippen molar-refractivity contribution in [2.75, 3.05) is 14.2 Å². The molecule has 0 unspecified atom stereocenters. The summed E-state index contributed by atoms with van der Waals surface area (Å²) in [6, 6.07) is 4.28. The lowest BCUT2D eigenvalue weighted by molar-refractivity contribution is 0.0773. The second kappa shape index (κ2) is 5.51. The fraction of sp³-hybridized carbons (Fsp3) is 0.231. The molecule has 0 spiro atoms. The molecule has 1 heterocycles. The van der Waals surface area contributed by atoms with Crippen LogP contribution in [0.25, 0.3) is 0 Å². The predicted octanol–water partition coefficient (Wildman–Crippen LogP) is 1.83. The minimum atomic E-state index is -0.601. The summed E-state index contributed by atoms with van der Waals surface area (Å²) < 4.78 is 18.8. The highest BCUT2D eigenvalue weighted by Gasteiger charge is 2.21. The molecular formula is C13H14FN3O2. The minimum absolute atomic E-state index is 0.0703. The number of halogens is 1. The summed E-state index contributed by atoms with van der Waals surface area (Å²) in [5.74, 6) is -0.204. The van der Waals surface area contributed by atoms with Gasteiger partial charge in [0.25, 0.3) is 5.91 Å². The number of ether oxygens (including phenoxy) is 1. The molecule has 2 rings (SSSR count). The average molecular weight is 263 g/mol. The third kappa shape index (κ3) is 2.73. The molecule has 1 aromatic carbocycles. The molecule has 2 aromatic rings. The first-order valence-corrected chi connectivity index (χ1v) is 5.69. The van der Waals surface area contributed by atoms with Gasteiger partial charge >= 0.3 is 0 Å². The lowest BCUT2D eigenvalue weighted by atomic mass is 10.1. The van der Waals surface area contributed by atoms with E-state index in [0.717, 1.165) is 0 Å². The van der Waals surface area contributed by atoms with E-state index in [1.165, 1.54) is 24.1 Å². The second-order valence-electron chi connectivity index (χ2n) is 4.01. The number of carbonyl (C=O) groups is 1. The SMILES string of the molecule is COc1cccc(F)c1C(=O)N(C)Cc1ncc[nH]1. The number of aromatic amines is 1. The van der Waals surface area contributed by atoms with Crippen LogP contribution in [-0.2, 0) is 6.54 Å². The van der Waals surface area contributed by atoms with Crippen LogP contribution in [0, 0.1) is 5.82 Å². The van der Waals surface area contributed by atoms with Gasteiger partial charge in [-0.25, -0.2) is 9.37 Å². The summed E-state index contributed by atoms with van der Waals surface area (Å²) >= 11 is 0. The fourth-order valence-corrected chi connectivity index (χ4v) is 1.75. The van der Waals surface area contributed by atoms with Crippen molar-refractivity contribution in [1.29, 1.82) is 0 Å². The van der Waals surface area contributed by atoms with Crippen molar-refractivity contribution in [3.05, 3.63) is 47.8 Å². The summed E-state index contributed by atoms with van der Waals surface area (Å²) in [7, 11) is 2.98. The number of hydrogen-bond donors (Lipinski definition) is 1. The van der Waals surface area contributed by atoms with Crippen molar-refractivity contribution in [2.24, 2.45) is 0 Å². The van der Waals surface area contributed by atoms with Gasteiger partial charge in [-0.3, -0.25) is 4.79 Å². The van der Waals surface area contributed by atoms with Crippen LogP contribution in [0.1, 0.15) is 16.2 Å². The number of amides is 1. The van der Waals surface area contributed by atoms with Gasteiger partial charge in [-0.05, 0) is 12.1 Å². The third-order valence-electron chi connectivity index (χ3n) is 2.70. The van der Waals surface area contributed by atoms with Crippen molar-refractivity contribution >= 4 is 5.91 Å². The predicted molar refractivity (Wildman–Crippen MR) is 67.3 cm³/mol. The van der Waals surface area contributed by atoms with Crippen LogP contribution in [-0.4, -0.2) is 34.9 Å². The van der Waals surface area contributed by atoms with Gasteiger partial charge in [-0.15, -0.1) is 0 Å². The Kier molecular flexibility index (Phi) is 3.79. The van der Waals surface area contributed by atoms with Crippen LogP contribution in [0.5, 0.6) is 5.75 Å². The zero-order valence-corrected chi connectivity index (χ0v) is 10.7. The molecule has 100 valence electrons. The third-order valence-corrected chi connectivity index (χ3v) is 2.70. The number of H-pyrrole nitrogens is 1. The summed E-state index contributed by atoms with van der Waals surface area (Å²) in [5, 5.41) is 0. The molecule has 0 saturated carbocycles. The number of benzene rings is 1. The molecule has 1 N–H and O–H groups in total. The van der Waals surface area contributed by atoms with Gasteiger partial charge in [0.2, 0.25) is 0 Å². The largest absolute Gasteiger partial charge is 0.496 e. The van der Waals surface area contributed by atoms with Gasteiger partial charge in [0, 0.05) is 19.4 Å². The Bertz CT molecular complexity index is 569. The van der Waals surface area contributed by atoms with E-state index >= 15 is 0 Å². The molecule has 0 bridgehead atoms. The van der Waals surface area contributed by atoms with Crippen molar-refractivity contribution in [1.82, 2.24) is 14.9 Å². The molecule has 1 aromatic heterocycles. The van der Waals surface area contributed by atoms with E-state index in [2.05, 4.69) is 9.97 Å². The van der Waals surface area contributed by atoms with Crippen molar-refractivity contribution in [3.63, 3.8) is 0 Å². The van der Waals surface area contributed by atoms with Crippen LogP contribution in [0.3, 0.4) is 0 Å². The number of carbonyl (C=O) groups excluding carboxylic acids is 1. The van der Waals surface area contributed by atoms with Crippen LogP contribution < -0.4 is 4.74 Å². The van der Waals surface area contributed by atoms with Crippen LogP contribution in [0.4, 0.5) is 4.39 Å². The molecular weight excluding hydrogens is 249 g/mol. The number of hydrogen-bond acceptors (Lipinski definition) is 3. The Hall–Kier alpha value is -2.37. The van der Waals surface area contributed by atoms with Crippen LogP contribution >= 0.6 is 0 Å². The van der Waals surface area contributed by atoms with Gasteiger partial charge < -0.3 is 14.6 Å². The number of nitrogens with zero attached hydrogens (tertiary/aromatic N) is 2. The number of imidazole rings is 1. The van der Waals surface area contributed by atoms with Gasteiger partial charge in [0.1, 0.15) is 23.0 Å². The first-order chi connectivity index (χ1) is 9.13. The summed E-state index contributed by atoms with van der Waals surface area (Å²) in [4.78, 5) is 20.5. The summed E-state index contributed by atoms with van der Waals surface area (Å²) in [5.41, 5.74) is -0.0703. The van der Waals surface area contributed by atoms with E-state index in [4.69, 9.17) is 4.74 Å². The summed E-state index contributed by atoms with van der Waals surface area (Å²) in [6.45, 7) is 0.267. The van der Waals surface area contributed by atoms with E-state index in [-0.39, 0.29) is 17.9 Å². The zero-order chi connectivity index (χ0) is 13.8. The first-order valence-electron chi connectivity index (χ1n) is 5.69. The van der Waals surface area contributed by atoms with E-state index in [1.54, 1.807) is 25.5 Å². The van der Waals surface area contributed by atoms with E-state index in [0.29, 0.717) is 5.82 Å². The lowest BCUT2D eigenvalue weighted by Gasteiger charge is -2.17. The normalized spacial score (nSPS) is 10.3. The molecule has 0 aliphatic carbocycles. The highest BCUT2D eigenvalue weighted by atomic mass is 19.1. The van der Waals surface area contributed by atoms with Crippen molar-refractivity contribution in [2.45, 2.75) is 6.54 Å². The molecule has 0 saturated heterocycles. The second-order valence-corrected chi connectivity index (χ2v) is 4.01. The maximum absolute atomic E-state index is 13.8.